The van der Waals surface area contributed by atoms with Crippen LogP contribution in [0.1, 0.15) is 327 Å². The standard InChI is InChI=1S/C88H156O7/c1-51(2)61-21-20-60-19-16-56(11)66-15-13-14-58(33-66)34-72-35-59(36-73(85(72)93)43-68-38-62(52(3)4)22-28-81(68)89)32-57-17-26-78(27-18-57)88(12,79-47-74(42-67(60)37-61)86(94)75(48-79)44-69-39-63(53(5)6)23-29-82(69)90)80-49-76(45-70-40-64(54(7)8)24-30-83(70)91)87(95)77(50-80)46-71-41-65(55(9)10)25-31-84(71)92/h51-87,89-95H,13-50H2,1-12H3. The molecule has 550 valence electrons. The van der Waals surface area contributed by atoms with Crippen molar-refractivity contribution in [3.05, 3.63) is 0 Å². The fraction of sp³-hybridized carbons (Fsp3) is 1.00. The highest BCUT2D eigenvalue weighted by Crippen LogP contribution is 2.63. The number of hydrogen-bond acceptors (Lipinski definition) is 7. The summed E-state index contributed by atoms with van der Waals surface area (Å²) in [5.74, 6) is 14.8. The van der Waals surface area contributed by atoms with Gasteiger partial charge in [0, 0.05) is 0 Å². The van der Waals surface area contributed by atoms with Crippen molar-refractivity contribution in [2.24, 2.45) is 183 Å². The first-order chi connectivity index (χ1) is 45.3. The summed E-state index contributed by atoms with van der Waals surface area (Å²) in [4.78, 5) is 0. The van der Waals surface area contributed by atoms with Gasteiger partial charge in [-0.1, -0.05) is 122 Å². The molecule has 7 heteroatoms. The average molecular weight is 1330 g/mol. The van der Waals surface area contributed by atoms with E-state index in [-0.39, 0.29) is 89.4 Å². The zero-order chi connectivity index (χ0) is 67.7. The van der Waals surface area contributed by atoms with Crippen LogP contribution in [0.25, 0.3) is 0 Å². The molecule has 0 aromatic rings. The van der Waals surface area contributed by atoms with Gasteiger partial charge in [-0.25, -0.2) is 0 Å². The molecule has 0 aliphatic heterocycles. The third-order valence-electron chi connectivity index (χ3n) is 33.8. The molecule has 12 rings (SSSR count). The fourth-order valence-corrected chi connectivity index (χ4v) is 27.1. The zero-order valence-electron chi connectivity index (χ0n) is 63.9. The maximum atomic E-state index is 13.7. The summed E-state index contributed by atoms with van der Waals surface area (Å²) in [6, 6.07) is 0. The maximum Gasteiger partial charge on any atom is 0.0596 e. The number of rotatable bonds is 14. The van der Waals surface area contributed by atoms with E-state index in [0.29, 0.717) is 118 Å². The summed E-state index contributed by atoms with van der Waals surface area (Å²) in [7, 11) is 0. The van der Waals surface area contributed by atoms with Crippen LogP contribution in [0.5, 0.6) is 0 Å². The second-order valence-corrected chi connectivity index (χ2v) is 40.7. The van der Waals surface area contributed by atoms with Crippen LogP contribution in [-0.4, -0.2) is 78.5 Å². The Kier molecular flexibility index (Phi) is 26.9. The Balaban J connectivity index is 0.976. The normalized spacial score (nSPS) is 49.5. The lowest BCUT2D eigenvalue weighted by molar-refractivity contribution is -0.132. The molecule has 0 heterocycles. The van der Waals surface area contributed by atoms with E-state index in [1.54, 1.807) is 0 Å². The van der Waals surface area contributed by atoms with Crippen LogP contribution in [-0.2, 0) is 0 Å². The van der Waals surface area contributed by atoms with Gasteiger partial charge in [0.2, 0.25) is 0 Å². The molecule has 8 bridgehead atoms. The quantitative estimate of drug-likeness (QED) is 0.0918. The molecule has 29 unspecified atom stereocenters. The van der Waals surface area contributed by atoms with Gasteiger partial charge >= 0.3 is 0 Å². The highest BCUT2D eigenvalue weighted by molar-refractivity contribution is 5.06. The summed E-state index contributed by atoms with van der Waals surface area (Å²) >= 11 is 0. The molecule has 12 aliphatic carbocycles. The first kappa shape index (κ1) is 75.9. The first-order valence-electron chi connectivity index (χ1n) is 43.1. The Morgan fingerprint density at radius 3 is 1.11 bits per heavy atom. The van der Waals surface area contributed by atoms with Crippen LogP contribution in [0.15, 0.2) is 0 Å². The zero-order valence-corrected chi connectivity index (χ0v) is 63.9. The summed E-state index contributed by atoms with van der Waals surface area (Å²) in [5.41, 5.74) is -0.0162. The summed E-state index contributed by atoms with van der Waals surface area (Å²) in [5, 5.41) is 88.0. The Morgan fingerprint density at radius 1 is 0.263 bits per heavy atom. The van der Waals surface area contributed by atoms with Gasteiger partial charge in [0.15, 0.2) is 0 Å². The van der Waals surface area contributed by atoms with Gasteiger partial charge in [-0.3, -0.25) is 0 Å². The van der Waals surface area contributed by atoms with Gasteiger partial charge in [0.1, 0.15) is 0 Å². The minimum atomic E-state index is -0.431. The third kappa shape index (κ3) is 18.3. The molecule has 7 nitrogen and oxygen atoms in total. The van der Waals surface area contributed by atoms with Crippen molar-refractivity contribution in [2.45, 2.75) is 370 Å². The molecular weight excluding hydrogens is 1170 g/mol. The lowest BCUT2D eigenvalue weighted by Crippen LogP contribution is -2.53. The monoisotopic (exact) mass is 1330 g/mol. The lowest BCUT2D eigenvalue weighted by atomic mass is 9.47. The molecule has 12 fully saturated rings. The van der Waals surface area contributed by atoms with E-state index < -0.39 is 6.10 Å². The molecule has 12 aliphatic rings. The van der Waals surface area contributed by atoms with Crippen molar-refractivity contribution < 1.29 is 35.7 Å². The molecule has 0 amide bonds. The van der Waals surface area contributed by atoms with Crippen LogP contribution in [0.4, 0.5) is 0 Å². The van der Waals surface area contributed by atoms with Crippen molar-refractivity contribution in [3.63, 3.8) is 0 Å². The smallest absolute Gasteiger partial charge is 0.0596 e. The highest BCUT2D eigenvalue weighted by atomic mass is 16.3. The molecule has 0 spiro atoms. The summed E-state index contributed by atoms with van der Waals surface area (Å²) in [6.45, 7) is 29.6. The molecule has 12 saturated carbocycles. The van der Waals surface area contributed by atoms with Crippen LogP contribution in [0.3, 0.4) is 0 Å². The maximum absolute atomic E-state index is 13.7. The van der Waals surface area contributed by atoms with E-state index in [1.807, 2.05) is 0 Å². The molecule has 0 saturated heterocycles. The van der Waals surface area contributed by atoms with E-state index in [4.69, 9.17) is 0 Å². The molecular formula is C88H156O7. The fourth-order valence-electron chi connectivity index (χ4n) is 27.1. The van der Waals surface area contributed by atoms with Gasteiger partial charge in [0.25, 0.3) is 0 Å². The van der Waals surface area contributed by atoms with Crippen molar-refractivity contribution in [3.8, 4) is 0 Å². The summed E-state index contributed by atoms with van der Waals surface area (Å²) < 4.78 is 0. The van der Waals surface area contributed by atoms with Gasteiger partial charge < -0.3 is 35.7 Å². The molecule has 0 aromatic heterocycles. The SMILES string of the molecule is CC(C)C1CCC(O)C(CC2CC3CC4CCC(CC4)C(C)(C4CC(CC5CC(C(C)C)CCC5O)C(O)C(CC5CC(C(C)C)CCC5O)C4)C4CC(CC5CC(C(C)C)CCC5O)C(O)C(CC5CC(C(C)C)CCC5CCC(C)C5CCCC(C5)CC(C3)C2O)C4)C1. The third-order valence-corrected chi connectivity index (χ3v) is 33.8. The Hall–Kier alpha value is -0.280. The number of hydrogen-bond donors (Lipinski definition) is 7. The predicted octanol–water partition coefficient (Wildman–Crippen LogP) is 20.2. The lowest BCUT2D eigenvalue weighted by Gasteiger charge is -2.59. The van der Waals surface area contributed by atoms with E-state index in [2.05, 4.69) is 83.1 Å². The van der Waals surface area contributed by atoms with Crippen molar-refractivity contribution >= 4 is 0 Å². The topological polar surface area (TPSA) is 142 Å². The van der Waals surface area contributed by atoms with Gasteiger partial charge in [-0.2, -0.15) is 0 Å². The van der Waals surface area contributed by atoms with E-state index >= 15 is 0 Å². The number of aliphatic hydroxyl groups is 7. The Bertz CT molecular complexity index is 2230. The van der Waals surface area contributed by atoms with Gasteiger partial charge in [0.05, 0.1) is 42.7 Å². The minimum Gasteiger partial charge on any atom is -0.393 e. The molecule has 0 radical (unpaired) electrons. The van der Waals surface area contributed by atoms with Crippen LogP contribution >= 0.6 is 0 Å². The van der Waals surface area contributed by atoms with Gasteiger partial charge in [-0.05, 0) is 388 Å². The van der Waals surface area contributed by atoms with E-state index in [0.717, 1.165) is 153 Å². The summed E-state index contributed by atoms with van der Waals surface area (Å²) in [6.07, 6.45) is 41.2. The Morgan fingerprint density at radius 2 is 0.642 bits per heavy atom. The highest BCUT2D eigenvalue weighted by Gasteiger charge is 2.57. The predicted molar refractivity (Wildman–Crippen MR) is 393 cm³/mol. The van der Waals surface area contributed by atoms with Crippen LogP contribution in [0.2, 0.25) is 0 Å². The van der Waals surface area contributed by atoms with E-state index in [9.17, 15) is 35.7 Å². The van der Waals surface area contributed by atoms with Crippen LogP contribution < -0.4 is 0 Å². The molecule has 0 aromatic carbocycles. The van der Waals surface area contributed by atoms with Crippen molar-refractivity contribution in [2.75, 3.05) is 0 Å². The van der Waals surface area contributed by atoms with Gasteiger partial charge in [-0.15, -0.1) is 0 Å². The first-order valence-corrected chi connectivity index (χ1v) is 43.1. The van der Waals surface area contributed by atoms with Crippen LogP contribution in [0, 0.1) is 183 Å². The second-order valence-electron chi connectivity index (χ2n) is 40.7. The molecule has 29 atom stereocenters. The van der Waals surface area contributed by atoms with Crippen molar-refractivity contribution in [1.82, 2.24) is 0 Å². The second kappa shape index (κ2) is 33.7. The van der Waals surface area contributed by atoms with Crippen molar-refractivity contribution in [1.29, 1.82) is 0 Å². The largest absolute Gasteiger partial charge is 0.393 e. The molecule has 95 heavy (non-hydrogen) atoms. The molecule has 7 N–H and O–H groups in total. The van der Waals surface area contributed by atoms with E-state index in [1.165, 1.54) is 103 Å². The number of fused-ring (bicyclic) bond motifs is 4. The average Bonchev–Trinajstić information content (AvgIpc) is 0.743. The Labute approximate surface area is 585 Å². The number of aliphatic hydroxyl groups excluding tert-OH is 7. The minimum absolute atomic E-state index is 0.0162.